The second-order valence-corrected chi connectivity index (χ2v) is 4.33. The Bertz CT molecular complexity index is 147. The highest BCUT2D eigenvalue weighted by atomic mass is 16.5. The lowest BCUT2D eigenvalue weighted by molar-refractivity contribution is -0.112. The Morgan fingerprint density at radius 3 is 2.36 bits per heavy atom. The van der Waals surface area contributed by atoms with Crippen LogP contribution in [0, 0.1) is 0 Å². The number of hydrogen-bond acceptors (Lipinski definition) is 2. The van der Waals surface area contributed by atoms with Gasteiger partial charge < -0.3 is 9.64 Å². The number of hydrogen-bond donors (Lipinski definition) is 0. The van der Waals surface area contributed by atoms with Crippen LogP contribution in [-0.2, 0) is 4.74 Å². The summed E-state index contributed by atoms with van der Waals surface area (Å²) in [6.45, 7) is 7.41. The molecule has 0 aliphatic carbocycles. The molecule has 0 N–H and O–H groups in total. The van der Waals surface area contributed by atoms with E-state index < -0.39 is 0 Å². The zero-order chi connectivity index (χ0) is 10.4. The van der Waals surface area contributed by atoms with Crippen LogP contribution in [0.2, 0.25) is 0 Å². The van der Waals surface area contributed by atoms with Gasteiger partial charge in [0.2, 0.25) is 0 Å². The molecule has 1 atom stereocenters. The largest absolute Gasteiger partial charge is 0.374 e. The lowest BCUT2D eigenvalue weighted by Gasteiger charge is -2.43. The highest BCUT2D eigenvalue weighted by Crippen LogP contribution is 2.32. The van der Waals surface area contributed by atoms with Gasteiger partial charge in [-0.15, -0.1) is 0 Å². The first-order valence-corrected chi connectivity index (χ1v) is 6.13. The molecular weight excluding hydrogens is 174 g/mol. The van der Waals surface area contributed by atoms with E-state index in [2.05, 4.69) is 11.9 Å². The molecule has 0 bridgehead atoms. The van der Waals surface area contributed by atoms with Crippen LogP contribution in [0.25, 0.3) is 0 Å². The molecule has 2 saturated heterocycles. The van der Waals surface area contributed by atoms with Crippen LogP contribution >= 0.6 is 0 Å². The van der Waals surface area contributed by atoms with Crippen molar-refractivity contribution in [2.24, 2.45) is 0 Å². The summed E-state index contributed by atoms with van der Waals surface area (Å²) in [4.78, 5) is 2.41. The highest BCUT2D eigenvalue weighted by molar-refractivity contribution is 4.89. The minimum atomic E-state index is 0.255. The molecule has 0 saturated carbocycles. The molecule has 0 aromatic carbocycles. The van der Waals surface area contributed by atoms with Crippen LogP contribution in [0.4, 0.5) is 0 Å². The van der Waals surface area contributed by atoms with Gasteiger partial charge in [-0.3, -0.25) is 0 Å². The molecule has 0 aromatic heterocycles. The fourth-order valence-electron chi connectivity index (χ4n) is 2.55. The first kappa shape index (κ1) is 12.0. The van der Waals surface area contributed by atoms with Crippen molar-refractivity contribution in [3.05, 3.63) is 0 Å². The first-order chi connectivity index (χ1) is 6.81. The Kier molecular flexibility index (Phi) is 4.90. The summed E-state index contributed by atoms with van der Waals surface area (Å²) in [7, 11) is 2.21. The van der Waals surface area contributed by atoms with Crippen LogP contribution in [0.3, 0.4) is 0 Å². The van der Waals surface area contributed by atoms with E-state index in [1.54, 1.807) is 0 Å². The van der Waals surface area contributed by atoms with E-state index in [1.165, 1.54) is 38.6 Å². The molecule has 1 unspecified atom stereocenters. The molecule has 2 heteroatoms. The zero-order valence-electron chi connectivity index (χ0n) is 10.0. The van der Waals surface area contributed by atoms with Gasteiger partial charge in [-0.25, -0.2) is 0 Å². The zero-order valence-corrected chi connectivity index (χ0v) is 10.0. The average Bonchev–Trinajstić information content (AvgIpc) is 2.21. The molecule has 2 heterocycles. The molecule has 0 aromatic rings. The summed E-state index contributed by atoms with van der Waals surface area (Å²) >= 11 is 0. The lowest BCUT2D eigenvalue weighted by Crippen LogP contribution is -2.49. The lowest BCUT2D eigenvalue weighted by atomic mass is 9.86. The van der Waals surface area contributed by atoms with Gasteiger partial charge in [0.1, 0.15) is 0 Å². The summed E-state index contributed by atoms with van der Waals surface area (Å²) in [5.74, 6) is 0. The molecule has 84 valence electrons. The Labute approximate surface area is 88.6 Å². The monoisotopic (exact) mass is 199 g/mol. The molecule has 2 aliphatic heterocycles. The van der Waals surface area contributed by atoms with Crippen molar-refractivity contribution in [3.63, 3.8) is 0 Å². The van der Waals surface area contributed by atoms with Crippen LogP contribution in [-0.4, -0.2) is 37.2 Å². The second-order valence-electron chi connectivity index (χ2n) is 4.33. The number of likely N-dealkylation sites (tertiary alicyclic amines) is 1. The van der Waals surface area contributed by atoms with E-state index in [0.29, 0.717) is 0 Å². The van der Waals surface area contributed by atoms with Crippen LogP contribution in [0.5, 0.6) is 0 Å². The van der Waals surface area contributed by atoms with Crippen molar-refractivity contribution < 1.29 is 4.74 Å². The Hall–Kier alpha value is -0.0800. The van der Waals surface area contributed by atoms with Crippen molar-refractivity contribution in [3.8, 4) is 0 Å². The van der Waals surface area contributed by atoms with E-state index in [0.717, 1.165) is 13.2 Å². The van der Waals surface area contributed by atoms with E-state index in [-0.39, 0.29) is 5.60 Å². The fourth-order valence-corrected chi connectivity index (χ4v) is 2.55. The molecule has 0 amide bonds. The maximum Gasteiger partial charge on any atom is 0.0809 e. The third-order valence-electron chi connectivity index (χ3n) is 3.17. The summed E-state index contributed by atoms with van der Waals surface area (Å²) in [6, 6.07) is 0. The number of piperidine rings is 1. The maximum absolute atomic E-state index is 5.94. The van der Waals surface area contributed by atoms with Gasteiger partial charge in [0, 0.05) is 13.2 Å². The Balaban J connectivity index is 0.000000461. The predicted octanol–water partition coefficient (Wildman–Crippen LogP) is 2.68. The molecule has 2 rings (SSSR count). The van der Waals surface area contributed by atoms with Crippen LogP contribution < -0.4 is 0 Å². The number of likely N-dealkylation sites (N-methyl/N-ethyl adjacent to an activating group) is 1. The van der Waals surface area contributed by atoms with E-state index in [1.807, 2.05) is 13.8 Å². The first-order valence-electron chi connectivity index (χ1n) is 6.13. The number of rotatable bonds is 0. The second kappa shape index (κ2) is 5.72. The van der Waals surface area contributed by atoms with Crippen molar-refractivity contribution in [1.82, 2.24) is 4.90 Å². The predicted molar refractivity (Wildman–Crippen MR) is 60.6 cm³/mol. The van der Waals surface area contributed by atoms with Gasteiger partial charge in [-0.2, -0.15) is 0 Å². The summed E-state index contributed by atoms with van der Waals surface area (Å²) in [5, 5.41) is 0. The molecule has 2 aliphatic rings. The molecule has 0 radical (unpaired) electrons. The van der Waals surface area contributed by atoms with Gasteiger partial charge in [-0.1, -0.05) is 13.8 Å². The molecule has 1 spiro atoms. The van der Waals surface area contributed by atoms with Gasteiger partial charge in [0.15, 0.2) is 0 Å². The SMILES string of the molecule is CC.CN1CCCC2(CCCCO2)C1. The fraction of sp³-hybridized carbons (Fsp3) is 1.00. The molecule has 2 fully saturated rings. The van der Waals surface area contributed by atoms with Crippen LogP contribution in [0.15, 0.2) is 0 Å². The van der Waals surface area contributed by atoms with E-state index in [4.69, 9.17) is 4.74 Å². The third-order valence-corrected chi connectivity index (χ3v) is 3.17. The third kappa shape index (κ3) is 2.96. The van der Waals surface area contributed by atoms with Gasteiger partial charge in [0.05, 0.1) is 5.60 Å². The van der Waals surface area contributed by atoms with E-state index >= 15 is 0 Å². The average molecular weight is 199 g/mol. The Morgan fingerprint density at radius 1 is 1.07 bits per heavy atom. The normalized spacial score (nSPS) is 33.6. The van der Waals surface area contributed by atoms with Crippen molar-refractivity contribution in [2.75, 3.05) is 26.7 Å². The highest BCUT2D eigenvalue weighted by Gasteiger charge is 2.36. The molecule has 14 heavy (non-hydrogen) atoms. The summed E-state index contributed by atoms with van der Waals surface area (Å²) < 4.78 is 5.94. The Morgan fingerprint density at radius 2 is 1.79 bits per heavy atom. The maximum atomic E-state index is 5.94. The van der Waals surface area contributed by atoms with Crippen molar-refractivity contribution >= 4 is 0 Å². The van der Waals surface area contributed by atoms with Gasteiger partial charge in [-0.05, 0) is 45.7 Å². The number of nitrogens with zero attached hydrogens (tertiary/aromatic N) is 1. The minimum Gasteiger partial charge on any atom is -0.374 e. The van der Waals surface area contributed by atoms with Crippen LogP contribution in [0.1, 0.15) is 46.0 Å². The smallest absolute Gasteiger partial charge is 0.0809 e. The van der Waals surface area contributed by atoms with Gasteiger partial charge in [0.25, 0.3) is 0 Å². The van der Waals surface area contributed by atoms with Gasteiger partial charge >= 0.3 is 0 Å². The van der Waals surface area contributed by atoms with Crippen molar-refractivity contribution in [1.29, 1.82) is 0 Å². The topological polar surface area (TPSA) is 12.5 Å². The number of ether oxygens (including phenoxy) is 1. The van der Waals surface area contributed by atoms with E-state index in [9.17, 15) is 0 Å². The minimum absolute atomic E-state index is 0.255. The molecular formula is C12H25NO. The van der Waals surface area contributed by atoms with Crippen molar-refractivity contribution in [2.45, 2.75) is 51.6 Å². The molecule has 2 nitrogen and oxygen atoms in total. The summed E-state index contributed by atoms with van der Waals surface area (Å²) in [6.07, 6.45) is 6.53. The summed E-state index contributed by atoms with van der Waals surface area (Å²) in [5.41, 5.74) is 0.255. The quantitative estimate of drug-likeness (QED) is 0.595. The standard InChI is InChI=1S/C10H19NO.C2H6/c1-11-7-4-6-10(9-11)5-2-3-8-12-10;1-2/h2-9H2,1H3;1-2H3.